The van der Waals surface area contributed by atoms with Gasteiger partial charge in [0.05, 0.1) is 6.04 Å². The predicted molar refractivity (Wildman–Crippen MR) is 75.8 cm³/mol. The number of rotatable bonds is 4. The van der Waals surface area contributed by atoms with Crippen molar-refractivity contribution >= 4 is 17.2 Å². The van der Waals surface area contributed by atoms with Gasteiger partial charge in [-0.25, -0.2) is 0 Å². The maximum absolute atomic E-state index is 11.3. The van der Waals surface area contributed by atoms with Gasteiger partial charge >= 0.3 is 0 Å². The maximum atomic E-state index is 11.3. The normalized spacial score (nSPS) is 12.1. The Balaban J connectivity index is 2.19. The molecule has 0 radical (unpaired) electrons. The molecule has 94 valence electrons. The maximum Gasteiger partial charge on any atom is 0.217 e. The first kappa shape index (κ1) is 12.8. The van der Waals surface area contributed by atoms with Crippen LogP contribution in [-0.2, 0) is 11.2 Å². The second-order valence-corrected chi connectivity index (χ2v) is 5.48. The van der Waals surface area contributed by atoms with Gasteiger partial charge in [0.25, 0.3) is 0 Å². The molecule has 0 saturated carbocycles. The predicted octanol–water partition coefficient (Wildman–Crippen LogP) is 3.48. The van der Waals surface area contributed by atoms with Crippen LogP contribution in [0.1, 0.15) is 29.0 Å². The van der Waals surface area contributed by atoms with Crippen LogP contribution >= 0.6 is 11.3 Å². The fourth-order valence-electron chi connectivity index (χ4n) is 1.93. The van der Waals surface area contributed by atoms with Gasteiger partial charge in [-0.3, -0.25) is 4.79 Å². The quantitative estimate of drug-likeness (QED) is 0.895. The molecule has 1 unspecified atom stereocenters. The van der Waals surface area contributed by atoms with Crippen LogP contribution < -0.4 is 5.32 Å². The number of carbonyl (C=O) groups excluding carboxylic acids is 1. The van der Waals surface area contributed by atoms with Crippen LogP contribution in [-0.4, -0.2) is 5.91 Å². The SMILES string of the molecule is CC(=O)NC(Cc1cccs1)c1ccc(C)cc1. The number of nitrogens with one attached hydrogen (secondary N) is 1. The lowest BCUT2D eigenvalue weighted by atomic mass is 10.0. The highest BCUT2D eigenvalue weighted by atomic mass is 32.1. The molecule has 0 aliphatic heterocycles. The Kier molecular flexibility index (Phi) is 4.15. The number of aryl methyl sites for hydroxylation is 1. The average Bonchev–Trinajstić information content (AvgIpc) is 2.81. The van der Waals surface area contributed by atoms with E-state index in [0.717, 1.165) is 12.0 Å². The van der Waals surface area contributed by atoms with Crippen LogP contribution in [0, 0.1) is 6.92 Å². The molecule has 1 heterocycles. The first-order valence-electron chi connectivity index (χ1n) is 6.01. The molecule has 2 rings (SSSR count). The van der Waals surface area contributed by atoms with E-state index in [2.05, 4.69) is 48.0 Å². The molecule has 18 heavy (non-hydrogen) atoms. The van der Waals surface area contributed by atoms with E-state index in [-0.39, 0.29) is 11.9 Å². The molecule has 0 fully saturated rings. The van der Waals surface area contributed by atoms with Crippen molar-refractivity contribution in [2.24, 2.45) is 0 Å². The van der Waals surface area contributed by atoms with E-state index in [1.165, 1.54) is 10.4 Å². The molecule has 3 heteroatoms. The van der Waals surface area contributed by atoms with E-state index in [1.807, 2.05) is 6.07 Å². The molecule has 2 aromatic rings. The smallest absolute Gasteiger partial charge is 0.217 e. The summed E-state index contributed by atoms with van der Waals surface area (Å²) in [5.74, 6) is 0.0112. The summed E-state index contributed by atoms with van der Waals surface area (Å²) < 4.78 is 0. The molecular weight excluding hydrogens is 242 g/mol. The van der Waals surface area contributed by atoms with Gasteiger partial charge in [-0.2, -0.15) is 0 Å². The lowest BCUT2D eigenvalue weighted by molar-refractivity contribution is -0.119. The first-order valence-corrected chi connectivity index (χ1v) is 6.89. The summed E-state index contributed by atoms with van der Waals surface area (Å²) >= 11 is 1.72. The number of benzene rings is 1. The van der Waals surface area contributed by atoms with Crippen molar-refractivity contribution in [3.8, 4) is 0 Å². The highest BCUT2D eigenvalue weighted by Crippen LogP contribution is 2.21. The van der Waals surface area contributed by atoms with Crippen molar-refractivity contribution in [2.45, 2.75) is 26.3 Å². The third-order valence-corrected chi connectivity index (χ3v) is 3.74. The third-order valence-electron chi connectivity index (χ3n) is 2.84. The zero-order valence-corrected chi connectivity index (χ0v) is 11.5. The second-order valence-electron chi connectivity index (χ2n) is 4.45. The Morgan fingerprint density at radius 1 is 1.28 bits per heavy atom. The summed E-state index contributed by atoms with van der Waals surface area (Å²) in [7, 11) is 0. The number of hydrogen-bond acceptors (Lipinski definition) is 2. The minimum atomic E-state index is 0.0112. The molecule has 1 N–H and O–H groups in total. The number of carbonyl (C=O) groups is 1. The van der Waals surface area contributed by atoms with Crippen molar-refractivity contribution in [2.75, 3.05) is 0 Å². The molecule has 0 bridgehead atoms. The molecule has 2 nitrogen and oxygen atoms in total. The van der Waals surface area contributed by atoms with E-state index in [4.69, 9.17) is 0 Å². The fraction of sp³-hybridized carbons (Fsp3) is 0.267. The first-order chi connectivity index (χ1) is 8.65. The minimum Gasteiger partial charge on any atom is -0.349 e. The van der Waals surface area contributed by atoms with Gasteiger partial charge < -0.3 is 5.32 Å². The molecule has 0 spiro atoms. The van der Waals surface area contributed by atoms with Gasteiger partial charge in [0, 0.05) is 18.2 Å². The lowest BCUT2D eigenvalue weighted by Gasteiger charge is -2.18. The van der Waals surface area contributed by atoms with Crippen LogP contribution in [0.4, 0.5) is 0 Å². The topological polar surface area (TPSA) is 29.1 Å². The number of hydrogen-bond donors (Lipinski definition) is 1. The molecule has 1 aromatic heterocycles. The molecule has 0 saturated heterocycles. The summed E-state index contributed by atoms with van der Waals surface area (Å²) in [6.45, 7) is 3.63. The number of amides is 1. The summed E-state index contributed by atoms with van der Waals surface area (Å²) in [5.41, 5.74) is 2.39. The molecule has 0 aliphatic rings. The summed E-state index contributed by atoms with van der Waals surface area (Å²) in [5, 5.41) is 5.09. The summed E-state index contributed by atoms with van der Waals surface area (Å²) in [4.78, 5) is 12.6. The van der Waals surface area contributed by atoms with Crippen molar-refractivity contribution in [3.63, 3.8) is 0 Å². The van der Waals surface area contributed by atoms with Crippen LogP contribution in [0.5, 0.6) is 0 Å². The van der Waals surface area contributed by atoms with Crippen molar-refractivity contribution in [3.05, 3.63) is 57.8 Å². The van der Waals surface area contributed by atoms with E-state index in [0.29, 0.717) is 0 Å². The number of thiophene rings is 1. The second kappa shape index (κ2) is 5.83. The lowest BCUT2D eigenvalue weighted by Crippen LogP contribution is -2.27. The van der Waals surface area contributed by atoms with Crippen LogP contribution in [0.2, 0.25) is 0 Å². The molecule has 0 aliphatic carbocycles. The van der Waals surface area contributed by atoms with Crippen LogP contribution in [0.3, 0.4) is 0 Å². The largest absolute Gasteiger partial charge is 0.349 e. The Morgan fingerprint density at radius 3 is 2.56 bits per heavy atom. The van der Waals surface area contributed by atoms with E-state index in [9.17, 15) is 4.79 Å². The molecule has 1 atom stereocenters. The zero-order valence-electron chi connectivity index (χ0n) is 10.6. The van der Waals surface area contributed by atoms with Crippen molar-refractivity contribution < 1.29 is 4.79 Å². The zero-order chi connectivity index (χ0) is 13.0. The Morgan fingerprint density at radius 2 is 2.00 bits per heavy atom. The van der Waals surface area contributed by atoms with E-state index in [1.54, 1.807) is 18.3 Å². The third kappa shape index (κ3) is 3.44. The Hall–Kier alpha value is -1.61. The molecule has 1 aromatic carbocycles. The monoisotopic (exact) mass is 259 g/mol. The highest BCUT2D eigenvalue weighted by molar-refractivity contribution is 7.09. The highest BCUT2D eigenvalue weighted by Gasteiger charge is 2.13. The minimum absolute atomic E-state index is 0.0112. The summed E-state index contributed by atoms with van der Waals surface area (Å²) in [6, 6.07) is 12.5. The Bertz CT molecular complexity index is 502. The fourth-order valence-corrected chi connectivity index (χ4v) is 2.68. The van der Waals surface area contributed by atoms with E-state index < -0.39 is 0 Å². The Labute approximate surface area is 112 Å². The molecular formula is C15H17NOS. The van der Waals surface area contributed by atoms with Gasteiger partial charge in [-0.1, -0.05) is 35.9 Å². The van der Waals surface area contributed by atoms with Gasteiger partial charge in [0.1, 0.15) is 0 Å². The van der Waals surface area contributed by atoms with Gasteiger partial charge in [0.15, 0.2) is 0 Å². The van der Waals surface area contributed by atoms with Crippen molar-refractivity contribution in [1.82, 2.24) is 5.32 Å². The molecule has 1 amide bonds. The van der Waals surface area contributed by atoms with Gasteiger partial charge in [-0.05, 0) is 23.9 Å². The standard InChI is InChI=1S/C15H17NOS/c1-11-5-7-13(8-6-11)15(16-12(2)17)10-14-4-3-9-18-14/h3-9,15H,10H2,1-2H3,(H,16,17). The van der Waals surface area contributed by atoms with Crippen LogP contribution in [0.25, 0.3) is 0 Å². The van der Waals surface area contributed by atoms with Crippen LogP contribution in [0.15, 0.2) is 41.8 Å². The van der Waals surface area contributed by atoms with Crippen molar-refractivity contribution in [1.29, 1.82) is 0 Å². The average molecular weight is 259 g/mol. The van der Waals surface area contributed by atoms with Gasteiger partial charge in [-0.15, -0.1) is 11.3 Å². The summed E-state index contributed by atoms with van der Waals surface area (Å²) in [6.07, 6.45) is 0.848. The van der Waals surface area contributed by atoms with Gasteiger partial charge in [0.2, 0.25) is 5.91 Å². The van der Waals surface area contributed by atoms with E-state index >= 15 is 0 Å².